The maximum Gasteiger partial charge on any atom is 0.312 e. The van der Waals surface area contributed by atoms with Gasteiger partial charge in [-0.1, -0.05) is 12.1 Å². The maximum atomic E-state index is 12.8. The number of rotatable bonds is 3. The van der Waals surface area contributed by atoms with Gasteiger partial charge in [0.1, 0.15) is 5.82 Å². The van der Waals surface area contributed by atoms with E-state index in [9.17, 15) is 9.18 Å². The molecule has 0 bridgehead atoms. The molecule has 2 unspecified atom stereocenters. The predicted molar refractivity (Wildman–Crippen MR) is 60.4 cm³/mol. The number of hydrogen-bond acceptors (Lipinski definition) is 4. The molecule has 0 radical (unpaired) electrons. The largest absolute Gasteiger partial charge is 0.466 e. The van der Waals surface area contributed by atoms with E-state index < -0.39 is 0 Å². The van der Waals surface area contributed by atoms with Crippen LogP contribution in [0.2, 0.25) is 0 Å². The van der Waals surface area contributed by atoms with Crippen LogP contribution in [0.1, 0.15) is 18.5 Å². The Morgan fingerprint density at radius 3 is 2.82 bits per heavy atom. The lowest BCUT2D eigenvalue weighted by atomic mass is 9.95. The number of ether oxygens (including phenoxy) is 1. The lowest BCUT2D eigenvalue weighted by Gasteiger charge is -2.17. The summed E-state index contributed by atoms with van der Waals surface area (Å²) in [5.74, 6) is -0.799. The average Bonchev–Trinajstić information content (AvgIpc) is 2.79. The molecular weight excluding hydrogens is 223 g/mol. The van der Waals surface area contributed by atoms with Crippen LogP contribution in [0.4, 0.5) is 4.39 Å². The smallest absolute Gasteiger partial charge is 0.312 e. The number of benzene rings is 1. The second kappa shape index (κ2) is 5.25. The van der Waals surface area contributed by atoms with Crippen LogP contribution in [0, 0.1) is 11.7 Å². The zero-order chi connectivity index (χ0) is 12.3. The summed E-state index contributed by atoms with van der Waals surface area (Å²) in [6, 6.07) is 5.95. The summed E-state index contributed by atoms with van der Waals surface area (Å²) < 4.78 is 17.8. The highest BCUT2D eigenvalue weighted by atomic mass is 19.1. The van der Waals surface area contributed by atoms with Gasteiger partial charge in [0, 0.05) is 6.54 Å². The molecule has 1 aliphatic rings. The number of esters is 1. The van der Waals surface area contributed by atoms with E-state index in [0.29, 0.717) is 13.2 Å². The van der Waals surface area contributed by atoms with E-state index in [1.807, 2.05) is 0 Å². The van der Waals surface area contributed by atoms with E-state index in [1.54, 1.807) is 19.1 Å². The second-order valence-corrected chi connectivity index (χ2v) is 3.91. The van der Waals surface area contributed by atoms with Gasteiger partial charge in [0.05, 0.1) is 18.6 Å². The van der Waals surface area contributed by atoms with E-state index in [1.165, 1.54) is 12.1 Å². The number of nitrogens with one attached hydrogen (secondary N) is 2. The van der Waals surface area contributed by atoms with Gasteiger partial charge in [-0.05, 0) is 24.6 Å². The summed E-state index contributed by atoms with van der Waals surface area (Å²) in [7, 11) is 0. The lowest BCUT2D eigenvalue weighted by Crippen LogP contribution is -2.27. The Morgan fingerprint density at radius 1 is 1.47 bits per heavy atom. The minimum atomic E-state index is -0.285. The van der Waals surface area contributed by atoms with Crippen molar-refractivity contribution < 1.29 is 13.9 Å². The molecule has 1 aromatic rings. The fraction of sp³-hybridized carbons (Fsp3) is 0.417. The molecule has 2 N–H and O–H groups in total. The molecule has 1 aromatic carbocycles. The maximum absolute atomic E-state index is 12.8. The van der Waals surface area contributed by atoms with E-state index in [4.69, 9.17) is 4.74 Å². The Hall–Kier alpha value is -1.46. The third-order valence-corrected chi connectivity index (χ3v) is 2.80. The van der Waals surface area contributed by atoms with Crippen LogP contribution in [0.3, 0.4) is 0 Å². The van der Waals surface area contributed by atoms with E-state index in [2.05, 4.69) is 10.9 Å². The summed E-state index contributed by atoms with van der Waals surface area (Å²) in [5, 5.41) is 0. The van der Waals surface area contributed by atoms with Crippen LogP contribution < -0.4 is 10.9 Å². The third kappa shape index (κ3) is 2.62. The van der Waals surface area contributed by atoms with Gasteiger partial charge < -0.3 is 4.74 Å². The average molecular weight is 238 g/mol. The highest BCUT2D eigenvalue weighted by Gasteiger charge is 2.34. The van der Waals surface area contributed by atoms with Crippen LogP contribution >= 0.6 is 0 Å². The van der Waals surface area contributed by atoms with Gasteiger partial charge in [0.25, 0.3) is 0 Å². The molecule has 0 spiro atoms. The molecular formula is C12H15FN2O2. The van der Waals surface area contributed by atoms with Gasteiger partial charge in [0.2, 0.25) is 0 Å². The number of carbonyl (C=O) groups is 1. The van der Waals surface area contributed by atoms with E-state index >= 15 is 0 Å². The Kier molecular flexibility index (Phi) is 3.71. The molecule has 2 atom stereocenters. The Labute approximate surface area is 99.1 Å². The molecule has 0 saturated carbocycles. The molecule has 0 aliphatic carbocycles. The number of halogens is 1. The van der Waals surface area contributed by atoms with Gasteiger partial charge in [-0.3, -0.25) is 10.2 Å². The molecule has 17 heavy (non-hydrogen) atoms. The highest BCUT2D eigenvalue weighted by Crippen LogP contribution is 2.25. The molecule has 1 saturated heterocycles. The first-order valence-electron chi connectivity index (χ1n) is 5.63. The number of hydrazine groups is 1. The number of hydrogen-bond donors (Lipinski definition) is 2. The zero-order valence-corrected chi connectivity index (χ0v) is 9.57. The summed E-state index contributed by atoms with van der Waals surface area (Å²) in [6.07, 6.45) is 0. The SMILES string of the molecule is CCOC(=O)C1CNNC1c1ccc(F)cc1. The molecule has 92 valence electrons. The minimum Gasteiger partial charge on any atom is -0.466 e. The van der Waals surface area contributed by atoms with Crippen molar-refractivity contribution >= 4 is 5.97 Å². The minimum absolute atomic E-state index is 0.172. The fourth-order valence-electron chi connectivity index (χ4n) is 1.95. The normalized spacial score (nSPS) is 23.6. The second-order valence-electron chi connectivity index (χ2n) is 3.91. The standard InChI is InChI=1S/C12H15FN2O2/c1-2-17-12(16)10-7-14-15-11(10)8-3-5-9(13)6-4-8/h3-6,10-11,14-15H,2,7H2,1H3. The topological polar surface area (TPSA) is 50.4 Å². The van der Waals surface area contributed by atoms with Crippen molar-refractivity contribution in [1.82, 2.24) is 10.9 Å². The van der Waals surface area contributed by atoms with Crippen LogP contribution in [-0.4, -0.2) is 19.1 Å². The summed E-state index contributed by atoms with van der Waals surface area (Å²) in [4.78, 5) is 11.7. The Balaban J connectivity index is 2.14. The highest BCUT2D eigenvalue weighted by molar-refractivity contribution is 5.74. The quantitative estimate of drug-likeness (QED) is 0.776. The van der Waals surface area contributed by atoms with Crippen molar-refractivity contribution in [2.45, 2.75) is 13.0 Å². The van der Waals surface area contributed by atoms with Gasteiger partial charge >= 0.3 is 5.97 Å². The van der Waals surface area contributed by atoms with Crippen molar-refractivity contribution in [3.63, 3.8) is 0 Å². The molecule has 5 heteroatoms. The monoisotopic (exact) mass is 238 g/mol. The molecule has 1 fully saturated rings. The fourth-order valence-corrected chi connectivity index (χ4v) is 1.95. The lowest BCUT2D eigenvalue weighted by molar-refractivity contribution is -0.147. The van der Waals surface area contributed by atoms with Crippen molar-refractivity contribution in [1.29, 1.82) is 0 Å². The van der Waals surface area contributed by atoms with Crippen LogP contribution in [0.25, 0.3) is 0 Å². The Morgan fingerprint density at radius 2 is 2.18 bits per heavy atom. The molecule has 1 aliphatic heterocycles. The van der Waals surface area contributed by atoms with Gasteiger partial charge in [-0.15, -0.1) is 0 Å². The van der Waals surface area contributed by atoms with Crippen molar-refractivity contribution in [3.8, 4) is 0 Å². The summed E-state index contributed by atoms with van der Waals surface area (Å²) >= 11 is 0. The van der Waals surface area contributed by atoms with Gasteiger partial charge in [-0.25, -0.2) is 9.82 Å². The Bertz CT molecular complexity index is 394. The van der Waals surface area contributed by atoms with Gasteiger partial charge in [-0.2, -0.15) is 0 Å². The summed E-state index contributed by atoms with van der Waals surface area (Å²) in [5.41, 5.74) is 6.81. The molecule has 2 rings (SSSR count). The molecule has 0 aromatic heterocycles. The number of carbonyl (C=O) groups excluding carboxylic acids is 1. The summed E-state index contributed by atoms with van der Waals surface area (Å²) in [6.45, 7) is 2.66. The molecule has 0 amide bonds. The molecule has 4 nitrogen and oxygen atoms in total. The van der Waals surface area contributed by atoms with E-state index in [-0.39, 0.29) is 23.7 Å². The first-order chi connectivity index (χ1) is 8.22. The van der Waals surface area contributed by atoms with Crippen molar-refractivity contribution in [2.24, 2.45) is 5.92 Å². The van der Waals surface area contributed by atoms with Crippen LogP contribution in [-0.2, 0) is 9.53 Å². The van der Waals surface area contributed by atoms with Crippen molar-refractivity contribution in [2.75, 3.05) is 13.2 Å². The zero-order valence-electron chi connectivity index (χ0n) is 9.57. The first-order valence-corrected chi connectivity index (χ1v) is 5.63. The first kappa shape index (κ1) is 12.0. The molecule has 1 heterocycles. The third-order valence-electron chi connectivity index (χ3n) is 2.80. The van der Waals surface area contributed by atoms with Crippen LogP contribution in [0.15, 0.2) is 24.3 Å². The van der Waals surface area contributed by atoms with Crippen molar-refractivity contribution in [3.05, 3.63) is 35.6 Å². The van der Waals surface area contributed by atoms with Crippen LogP contribution in [0.5, 0.6) is 0 Å². The van der Waals surface area contributed by atoms with E-state index in [0.717, 1.165) is 5.56 Å². The predicted octanol–water partition coefficient (Wildman–Crippen LogP) is 1.15. The van der Waals surface area contributed by atoms with Gasteiger partial charge in [0.15, 0.2) is 0 Å².